The molecule has 0 N–H and O–H groups in total. The van der Waals surface area contributed by atoms with Crippen molar-refractivity contribution in [2.45, 2.75) is 44.4 Å². The summed E-state index contributed by atoms with van der Waals surface area (Å²) in [7, 11) is 2.84. The Bertz CT molecular complexity index is 777. The number of halogens is 3. The van der Waals surface area contributed by atoms with Gasteiger partial charge in [0.1, 0.15) is 11.3 Å². The fraction of sp³-hybridized carbons (Fsp3) is 0.474. The smallest absolute Gasteiger partial charge is 0.421 e. The summed E-state index contributed by atoms with van der Waals surface area (Å²) in [5.74, 6) is 0.256. The van der Waals surface area contributed by atoms with Crippen molar-refractivity contribution in [1.82, 2.24) is 9.97 Å². The minimum absolute atomic E-state index is 0.0790. The lowest BCUT2D eigenvalue weighted by Gasteiger charge is -2.28. The molecule has 0 amide bonds. The van der Waals surface area contributed by atoms with E-state index < -0.39 is 11.7 Å². The van der Waals surface area contributed by atoms with Crippen LogP contribution < -0.4 is 14.4 Å². The minimum atomic E-state index is -4.59. The Labute approximate surface area is 156 Å². The van der Waals surface area contributed by atoms with Crippen LogP contribution in [0.15, 0.2) is 30.5 Å². The second-order valence-corrected chi connectivity index (χ2v) is 6.50. The number of hydrogen-bond donors (Lipinski definition) is 0. The van der Waals surface area contributed by atoms with Gasteiger partial charge in [0.15, 0.2) is 5.82 Å². The summed E-state index contributed by atoms with van der Waals surface area (Å²) >= 11 is 0. The van der Waals surface area contributed by atoms with Gasteiger partial charge in [-0.15, -0.1) is 0 Å². The molecule has 0 bridgehead atoms. The summed E-state index contributed by atoms with van der Waals surface area (Å²) in [6, 6.07) is 6.92. The van der Waals surface area contributed by atoms with Gasteiger partial charge in [0.25, 0.3) is 0 Å². The maximum Gasteiger partial charge on any atom is 0.421 e. The molecule has 0 atom stereocenters. The molecular weight excluding hydrogens is 359 g/mol. The molecule has 1 aromatic carbocycles. The van der Waals surface area contributed by atoms with Crippen molar-refractivity contribution in [2.24, 2.45) is 0 Å². The van der Waals surface area contributed by atoms with Gasteiger partial charge in [0, 0.05) is 13.2 Å². The Kier molecular flexibility index (Phi) is 5.72. The van der Waals surface area contributed by atoms with Crippen LogP contribution in [0.25, 0.3) is 0 Å². The zero-order valence-corrected chi connectivity index (χ0v) is 15.3. The number of aromatic nitrogens is 2. The lowest BCUT2D eigenvalue weighted by atomic mass is 9.98. The number of rotatable bonds is 5. The number of hydrogen-bond acceptors (Lipinski definition) is 5. The lowest BCUT2D eigenvalue weighted by molar-refractivity contribution is -0.137. The maximum absolute atomic E-state index is 13.5. The molecule has 1 aliphatic rings. The standard InChI is InChI=1S/C19H22F3N3O2/c1-25(17-14(19(20,21)22)12-23-18(24-17)26-2)15-10-6-7-11-16(15)27-13-8-4-3-5-9-13/h6-7,10-13H,3-5,8-9H2,1-2H3. The van der Waals surface area contributed by atoms with Gasteiger partial charge in [0.05, 0.1) is 18.9 Å². The summed E-state index contributed by atoms with van der Waals surface area (Å²) in [5.41, 5.74) is -0.424. The molecule has 27 heavy (non-hydrogen) atoms. The van der Waals surface area contributed by atoms with Crippen LogP contribution in [0.2, 0.25) is 0 Å². The third kappa shape index (κ3) is 4.43. The van der Waals surface area contributed by atoms with E-state index in [1.807, 2.05) is 0 Å². The Balaban J connectivity index is 1.97. The molecule has 5 nitrogen and oxygen atoms in total. The third-order valence-electron chi connectivity index (χ3n) is 4.62. The van der Waals surface area contributed by atoms with Crippen molar-refractivity contribution in [3.8, 4) is 11.8 Å². The van der Waals surface area contributed by atoms with Crippen LogP contribution in [-0.4, -0.2) is 30.2 Å². The van der Waals surface area contributed by atoms with Gasteiger partial charge in [-0.05, 0) is 37.8 Å². The Morgan fingerprint density at radius 2 is 1.81 bits per heavy atom. The SMILES string of the molecule is COc1ncc(C(F)(F)F)c(N(C)c2ccccc2OC2CCCCC2)n1. The van der Waals surface area contributed by atoms with Crippen LogP contribution in [0.1, 0.15) is 37.7 Å². The van der Waals surface area contributed by atoms with E-state index in [4.69, 9.17) is 9.47 Å². The third-order valence-corrected chi connectivity index (χ3v) is 4.62. The predicted octanol–water partition coefficient (Wildman–Crippen LogP) is 4.98. The Hall–Kier alpha value is -2.51. The highest BCUT2D eigenvalue weighted by Gasteiger charge is 2.37. The van der Waals surface area contributed by atoms with E-state index in [-0.39, 0.29) is 17.9 Å². The average molecular weight is 381 g/mol. The predicted molar refractivity (Wildman–Crippen MR) is 95.6 cm³/mol. The first-order chi connectivity index (χ1) is 12.9. The Morgan fingerprint density at radius 1 is 1.11 bits per heavy atom. The van der Waals surface area contributed by atoms with Crippen LogP contribution in [0.3, 0.4) is 0 Å². The fourth-order valence-corrected chi connectivity index (χ4v) is 3.22. The van der Waals surface area contributed by atoms with Crippen molar-refractivity contribution in [3.63, 3.8) is 0 Å². The molecular formula is C19H22F3N3O2. The number of anilines is 2. The van der Waals surface area contributed by atoms with Gasteiger partial charge >= 0.3 is 12.2 Å². The molecule has 1 heterocycles. The van der Waals surface area contributed by atoms with E-state index in [2.05, 4.69) is 9.97 Å². The number of benzene rings is 1. The maximum atomic E-state index is 13.5. The first-order valence-corrected chi connectivity index (χ1v) is 8.88. The van der Waals surface area contributed by atoms with Crippen LogP contribution in [-0.2, 0) is 6.18 Å². The molecule has 2 aromatic rings. The first-order valence-electron chi connectivity index (χ1n) is 8.88. The highest BCUT2D eigenvalue weighted by atomic mass is 19.4. The average Bonchev–Trinajstić information content (AvgIpc) is 2.67. The topological polar surface area (TPSA) is 47.5 Å². The summed E-state index contributed by atoms with van der Waals surface area (Å²) in [4.78, 5) is 8.91. The van der Waals surface area contributed by atoms with Gasteiger partial charge in [0.2, 0.25) is 0 Å². The van der Waals surface area contributed by atoms with E-state index in [0.29, 0.717) is 11.4 Å². The van der Waals surface area contributed by atoms with E-state index in [1.54, 1.807) is 24.3 Å². The molecule has 0 radical (unpaired) electrons. The molecule has 1 aliphatic carbocycles. The van der Waals surface area contributed by atoms with Gasteiger partial charge in [-0.1, -0.05) is 18.6 Å². The second kappa shape index (κ2) is 8.02. The molecule has 1 saturated carbocycles. The fourth-order valence-electron chi connectivity index (χ4n) is 3.22. The molecule has 1 fully saturated rings. The first kappa shape index (κ1) is 19.3. The summed E-state index contributed by atoms with van der Waals surface area (Å²) in [6.07, 6.45) is 1.53. The molecule has 146 valence electrons. The van der Waals surface area contributed by atoms with E-state index in [0.717, 1.165) is 31.9 Å². The van der Waals surface area contributed by atoms with Gasteiger partial charge < -0.3 is 14.4 Å². The molecule has 1 aromatic heterocycles. The second-order valence-electron chi connectivity index (χ2n) is 6.50. The highest BCUT2D eigenvalue weighted by molar-refractivity contribution is 5.68. The molecule has 0 saturated heterocycles. The van der Waals surface area contributed by atoms with Crippen molar-refractivity contribution in [2.75, 3.05) is 19.1 Å². The van der Waals surface area contributed by atoms with Crippen molar-refractivity contribution < 1.29 is 22.6 Å². The van der Waals surface area contributed by atoms with Gasteiger partial charge in [-0.2, -0.15) is 18.2 Å². The highest BCUT2D eigenvalue weighted by Crippen LogP contribution is 2.40. The summed E-state index contributed by atoms with van der Waals surface area (Å²) in [6.45, 7) is 0. The molecule has 8 heteroatoms. The van der Waals surface area contributed by atoms with E-state index in [1.165, 1.54) is 25.5 Å². The quantitative estimate of drug-likeness (QED) is 0.731. The van der Waals surface area contributed by atoms with Crippen LogP contribution in [0, 0.1) is 0 Å². The summed E-state index contributed by atoms with van der Waals surface area (Å²) in [5, 5.41) is 0. The van der Waals surface area contributed by atoms with E-state index in [9.17, 15) is 13.2 Å². The van der Waals surface area contributed by atoms with Gasteiger partial charge in [-0.25, -0.2) is 4.98 Å². The van der Waals surface area contributed by atoms with Crippen LogP contribution in [0.5, 0.6) is 11.8 Å². The van der Waals surface area contributed by atoms with Gasteiger partial charge in [-0.3, -0.25) is 0 Å². The number of alkyl halides is 3. The monoisotopic (exact) mass is 381 g/mol. The number of methoxy groups -OCH3 is 1. The lowest BCUT2D eigenvalue weighted by Crippen LogP contribution is -2.23. The number of ether oxygens (including phenoxy) is 2. The van der Waals surface area contributed by atoms with Crippen molar-refractivity contribution in [3.05, 3.63) is 36.0 Å². The van der Waals surface area contributed by atoms with E-state index >= 15 is 0 Å². The van der Waals surface area contributed by atoms with Crippen LogP contribution >= 0.6 is 0 Å². The minimum Gasteiger partial charge on any atom is -0.488 e. The largest absolute Gasteiger partial charge is 0.488 e. The zero-order valence-electron chi connectivity index (χ0n) is 15.3. The molecule has 0 spiro atoms. The normalized spacial score (nSPS) is 15.4. The van der Waals surface area contributed by atoms with Crippen molar-refractivity contribution >= 4 is 11.5 Å². The number of para-hydroxylation sites is 2. The molecule has 3 rings (SSSR count). The number of nitrogens with zero attached hydrogens (tertiary/aromatic N) is 3. The summed E-state index contributed by atoms with van der Waals surface area (Å²) < 4.78 is 51.4. The molecule has 0 unspecified atom stereocenters. The zero-order chi connectivity index (χ0) is 19.4. The Morgan fingerprint density at radius 3 is 2.48 bits per heavy atom. The van der Waals surface area contributed by atoms with Crippen LogP contribution in [0.4, 0.5) is 24.7 Å². The van der Waals surface area contributed by atoms with Crippen molar-refractivity contribution in [1.29, 1.82) is 0 Å². The molecule has 0 aliphatic heterocycles.